The largest absolute Gasteiger partial charge is 0.321 e. The molecule has 0 saturated carbocycles. The maximum Gasteiger partial charge on any atom is 0.259 e. The van der Waals surface area contributed by atoms with Crippen molar-refractivity contribution >= 4 is 71.7 Å². The van der Waals surface area contributed by atoms with Crippen LogP contribution < -0.4 is 10.6 Å². The molecule has 0 fully saturated rings. The topological polar surface area (TPSA) is 84.0 Å². The van der Waals surface area contributed by atoms with Crippen LogP contribution >= 0.6 is 38.9 Å². The van der Waals surface area contributed by atoms with Crippen LogP contribution in [-0.4, -0.2) is 21.8 Å². The number of carbonyl (C=O) groups excluding carboxylic acids is 2. The Morgan fingerprint density at radius 2 is 1.90 bits per heavy atom. The van der Waals surface area contributed by atoms with E-state index >= 15 is 0 Å². The summed E-state index contributed by atoms with van der Waals surface area (Å²) in [4.78, 5) is 34.1. The number of nitrogens with one attached hydrogen (secondary N) is 2. The predicted molar refractivity (Wildman–Crippen MR) is 124 cm³/mol. The third-order valence-electron chi connectivity index (χ3n) is 4.29. The number of thiazole rings is 1. The first-order valence-electron chi connectivity index (χ1n) is 8.79. The highest BCUT2D eigenvalue weighted by Crippen LogP contribution is 2.29. The number of aryl methyl sites for hydroxylation is 1. The first-order chi connectivity index (χ1) is 14.4. The number of nitrogens with zero attached hydrogens (tertiary/aromatic N) is 2. The number of pyridine rings is 1. The van der Waals surface area contributed by atoms with Crippen LogP contribution in [0.25, 0.3) is 10.2 Å². The van der Waals surface area contributed by atoms with Crippen molar-refractivity contribution in [2.24, 2.45) is 0 Å². The van der Waals surface area contributed by atoms with E-state index < -0.39 is 0 Å². The third kappa shape index (κ3) is 4.35. The molecule has 0 aliphatic carbocycles. The van der Waals surface area contributed by atoms with E-state index in [2.05, 4.69) is 36.5 Å². The molecule has 0 unspecified atom stereocenters. The quantitative estimate of drug-likeness (QED) is 0.363. The molecule has 2 heterocycles. The molecule has 6 nitrogen and oxygen atoms in total. The molecule has 2 aromatic heterocycles. The smallest absolute Gasteiger partial charge is 0.259 e. The molecule has 4 rings (SSSR count). The number of para-hydroxylation sites is 1. The Kier molecular flexibility index (Phi) is 5.80. The average molecular weight is 502 g/mol. The van der Waals surface area contributed by atoms with E-state index in [4.69, 9.17) is 11.6 Å². The fourth-order valence-corrected chi connectivity index (χ4v) is 4.36. The molecular formula is C21H14BrClN4O2S. The number of carbonyl (C=O) groups is 2. The van der Waals surface area contributed by atoms with Crippen LogP contribution in [0, 0.1) is 6.92 Å². The van der Waals surface area contributed by atoms with Gasteiger partial charge in [0.15, 0.2) is 5.13 Å². The highest BCUT2D eigenvalue weighted by molar-refractivity contribution is 9.10. The van der Waals surface area contributed by atoms with Crippen molar-refractivity contribution in [2.75, 3.05) is 10.6 Å². The van der Waals surface area contributed by atoms with E-state index in [-0.39, 0.29) is 11.8 Å². The van der Waals surface area contributed by atoms with Crippen LogP contribution in [0.2, 0.25) is 5.02 Å². The van der Waals surface area contributed by atoms with Gasteiger partial charge in [-0.1, -0.05) is 35.1 Å². The minimum absolute atomic E-state index is 0.337. The normalized spacial score (nSPS) is 10.8. The monoisotopic (exact) mass is 500 g/mol. The van der Waals surface area contributed by atoms with Crippen LogP contribution in [0.1, 0.15) is 26.3 Å². The summed E-state index contributed by atoms with van der Waals surface area (Å²) in [5, 5.41) is 6.70. The van der Waals surface area contributed by atoms with Gasteiger partial charge in [-0.05, 0) is 58.7 Å². The maximum absolute atomic E-state index is 13.0. The molecule has 0 saturated heterocycles. The van der Waals surface area contributed by atoms with E-state index in [9.17, 15) is 9.59 Å². The Morgan fingerprint density at radius 3 is 2.70 bits per heavy atom. The number of halogens is 2. The summed E-state index contributed by atoms with van der Waals surface area (Å²) in [5.74, 6) is -0.728. The minimum atomic E-state index is -0.369. The molecule has 0 bridgehead atoms. The first-order valence-corrected chi connectivity index (χ1v) is 10.8. The Morgan fingerprint density at radius 1 is 1.07 bits per heavy atom. The summed E-state index contributed by atoms with van der Waals surface area (Å²) >= 11 is 10.7. The fourth-order valence-electron chi connectivity index (χ4n) is 2.86. The molecule has 0 atom stereocenters. The fraction of sp³-hybridized carbons (Fsp3) is 0.0476. The Labute approximate surface area is 189 Å². The lowest BCUT2D eigenvalue weighted by molar-refractivity contribution is 0.102. The lowest BCUT2D eigenvalue weighted by atomic mass is 10.1. The van der Waals surface area contributed by atoms with Crippen molar-refractivity contribution in [3.63, 3.8) is 0 Å². The molecule has 0 radical (unpaired) electrons. The van der Waals surface area contributed by atoms with Gasteiger partial charge in [0.25, 0.3) is 11.8 Å². The van der Waals surface area contributed by atoms with Crippen LogP contribution in [-0.2, 0) is 0 Å². The minimum Gasteiger partial charge on any atom is -0.321 e. The van der Waals surface area contributed by atoms with Gasteiger partial charge in [-0.3, -0.25) is 19.9 Å². The second kappa shape index (κ2) is 8.51. The molecule has 0 aliphatic rings. The van der Waals surface area contributed by atoms with Gasteiger partial charge in [-0.25, -0.2) is 4.98 Å². The average Bonchev–Trinajstić information content (AvgIpc) is 3.10. The van der Waals surface area contributed by atoms with Crippen LogP contribution in [0.5, 0.6) is 0 Å². The van der Waals surface area contributed by atoms with Crippen LogP contribution in [0.15, 0.2) is 59.3 Å². The molecule has 4 aromatic rings. The molecule has 0 spiro atoms. The zero-order chi connectivity index (χ0) is 21.3. The van der Waals surface area contributed by atoms with Crippen molar-refractivity contribution in [1.29, 1.82) is 0 Å². The van der Waals surface area contributed by atoms with Crippen LogP contribution in [0.3, 0.4) is 0 Å². The number of benzene rings is 2. The number of hydrogen-bond acceptors (Lipinski definition) is 5. The molecule has 0 aliphatic heterocycles. The number of aromatic nitrogens is 2. The second-order valence-electron chi connectivity index (χ2n) is 6.43. The number of rotatable bonds is 4. The molecule has 150 valence electrons. The number of anilines is 2. The third-order valence-corrected chi connectivity index (χ3v) is 5.90. The van der Waals surface area contributed by atoms with E-state index in [0.717, 1.165) is 15.8 Å². The van der Waals surface area contributed by atoms with Crippen molar-refractivity contribution in [1.82, 2.24) is 9.97 Å². The van der Waals surface area contributed by atoms with E-state index in [1.165, 1.54) is 17.5 Å². The molecule has 2 aromatic carbocycles. The highest BCUT2D eigenvalue weighted by Gasteiger charge is 2.18. The van der Waals surface area contributed by atoms with Gasteiger partial charge in [0.1, 0.15) is 0 Å². The molecule has 9 heteroatoms. The van der Waals surface area contributed by atoms with E-state index in [0.29, 0.717) is 31.4 Å². The lowest BCUT2D eigenvalue weighted by Gasteiger charge is -2.13. The van der Waals surface area contributed by atoms with Gasteiger partial charge in [-0.15, -0.1) is 0 Å². The van der Waals surface area contributed by atoms with Crippen LogP contribution in [0.4, 0.5) is 10.8 Å². The number of hydrogen-bond donors (Lipinski definition) is 2. The first kappa shape index (κ1) is 20.5. The molecular weight excluding hydrogens is 488 g/mol. The van der Waals surface area contributed by atoms with Gasteiger partial charge in [-0.2, -0.15) is 0 Å². The Bertz CT molecular complexity index is 1290. The van der Waals surface area contributed by atoms with Gasteiger partial charge in [0.2, 0.25) is 0 Å². The summed E-state index contributed by atoms with van der Waals surface area (Å²) in [6.45, 7) is 1.82. The summed E-state index contributed by atoms with van der Waals surface area (Å²) in [6, 6.07) is 12.3. The van der Waals surface area contributed by atoms with Gasteiger partial charge in [0, 0.05) is 21.9 Å². The Balaban J connectivity index is 1.61. The summed E-state index contributed by atoms with van der Waals surface area (Å²) in [5.41, 5.74) is 2.66. The van der Waals surface area contributed by atoms with Gasteiger partial charge in [0.05, 0.1) is 27.0 Å². The highest BCUT2D eigenvalue weighted by atomic mass is 79.9. The summed E-state index contributed by atoms with van der Waals surface area (Å²) in [7, 11) is 0. The maximum atomic E-state index is 13.0. The zero-order valence-electron chi connectivity index (χ0n) is 15.6. The predicted octanol–water partition coefficient (Wildman–Crippen LogP) is 5.92. The summed E-state index contributed by atoms with van der Waals surface area (Å²) in [6.07, 6.45) is 3.05. The number of amides is 2. The standard InChI is InChI=1S/C21H14BrClN4O2S/c1-11-3-2-4-15(18(11)26-19(28)12-7-13(22)10-24-9-12)20(29)27-21-25-16-6-5-14(23)8-17(16)30-21/h2-10H,1H3,(H,26,28)(H,25,27,29). The molecule has 2 amide bonds. The molecule has 30 heavy (non-hydrogen) atoms. The second-order valence-corrected chi connectivity index (χ2v) is 8.81. The van der Waals surface area contributed by atoms with Gasteiger partial charge < -0.3 is 5.32 Å². The Hall–Kier alpha value is -2.81. The SMILES string of the molecule is Cc1cccc(C(=O)Nc2nc3ccc(Cl)cc3s2)c1NC(=O)c1cncc(Br)c1. The summed E-state index contributed by atoms with van der Waals surface area (Å²) < 4.78 is 1.56. The molecule has 2 N–H and O–H groups in total. The van der Waals surface area contributed by atoms with Crippen molar-refractivity contribution in [3.05, 3.63) is 81.0 Å². The van der Waals surface area contributed by atoms with E-state index in [1.54, 1.807) is 42.6 Å². The zero-order valence-corrected chi connectivity index (χ0v) is 18.7. The van der Waals surface area contributed by atoms with Crippen molar-refractivity contribution in [3.8, 4) is 0 Å². The number of fused-ring (bicyclic) bond motifs is 1. The lowest BCUT2D eigenvalue weighted by Crippen LogP contribution is -2.19. The van der Waals surface area contributed by atoms with Gasteiger partial charge >= 0.3 is 0 Å². The van der Waals surface area contributed by atoms with Crippen molar-refractivity contribution < 1.29 is 9.59 Å². The van der Waals surface area contributed by atoms with Crippen molar-refractivity contribution in [2.45, 2.75) is 6.92 Å². The van der Waals surface area contributed by atoms with E-state index in [1.807, 2.05) is 13.0 Å².